The summed E-state index contributed by atoms with van der Waals surface area (Å²) >= 11 is 0. The van der Waals surface area contributed by atoms with E-state index in [0.29, 0.717) is 24.3 Å². The van der Waals surface area contributed by atoms with Crippen LogP contribution in [0, 0.1) is 5.92 Å². The molecule has 1 aliphatic carbocycles. The molecule has 0 aliphatic heterocycles. The molecule has 29 heavy (non-hydrogen) atoms. The molecule has 0 radical (unpaired) electrons. The van der Waals surface area contributed by atoms with Gasteiger partial charge in [-0.25, -0.2) is 9.67 Å². The number of amides is 2. The highest BCUT2D eigenvalue weighted by atomic mass is 16.2. The summed E-state index contributed by atoms with van der Waals surface area (Å²) in [4.78, 5) is 30.7. The Hall–Kier alpha value is -3.48. The second-order valence-electron chi connectivity index (χ2n) is 7.28. The van der Waals surface area contributed by atoms with Gasteiger partial charge in [0.2, 0.25) is 5.91 Å². The maximum absolute atomic E-state index is 12.8. The third kappa shape index (κ3) is 4.51. The Labute approximate surface area is 169 Å². The number of nitrogens with zero attached hydrogens (tertiary/aromatic N) is 4. The minimum atomic E-state index is -0.192. The van der Waals surface area contributed by atoms with Gasteiger partial charge in [0.25, 0.3) is 5.91 Å². The van der Waals surface area contributed by atoms with Gasteiger partial charge in [-0.1, -0.05) is 36.4 Å². The second kappa shape index (κ2) is 8.26. The lowest BCUT2D eigenvalue weighted by Gasteiger charge is -2.20. The van der Waals surface area contributed by atoms with Gasteiger partial charge in [0.1, 0.15) is 12.7 Å². The fourth-order valence-electron chi connectivity index (χ4n) is 3.22. The SMILES string of the molecule is CN(C(=O)C1CC1)c1ccccc1C(=O)NCc1ccc(Cn2cncn2)cc1. The number of benzene rings is 2. The Bertz CT molecular complexity index is 994. The maximum atomic E-state index is 12.8. The third-order valence-electron chi connectivity index (χ3n) is 5.05. The average Bonchev–Trinajstić information content (AvgIpc) is 3.49. The maximum Gasteiger partial charge on any atom is 0.253 e. The minimum absolute atomic E-state index is 0.0771. The summed E-state index contributed by atoms with van der Waals surface area (Å²) in [6, 6.07) is 15.2. The van der Waals surface area contributed by atoms with E-state index in [1.807, 2.05) is 42.5 Å². The summed E-state index contributed by atoms with van der Waals surface area (Å²) in [5.41, 5.74) is 3.26. The zero-order valence-electron chi connectivity index (χ0n) is 16.3. The predicted molar refractivity (Wildman–Crippen MR) is 109 cm³/mol. The van der Waals surface area contributed by atoms with Crippen LogP contribution in [-0.4, -0.2) is 33.6 Å². The van der Waals surface area contributed by atoms with Crippen molar-refractivity contribution in [2.75, 3.05) is 11.9 Å². The molecular weight excluding hydrogens is 366 g/mol. The minimum Gasteiger partial charge on any atom is -0.348 e. The molecule has 0 bridgehead atoms. The summed E-state index contributed by atoms with van der Waals surface area (Å²) in [6.07, 6.45) is 5.06. The second-order valence-corrected chi connectivity index (χ2v) is 7.28. The van der Waals surface area contributed by atoms with Crippen LogP contribution in [0.15, 0.2) is 61.2 Å². The van der Waals surface area contributed by atoms with E-state index in [2.05, 4.69) is 15.4 Å². The van der Waals surface area contributed by atoms with Crippen LogP contribution in [0.5, 0.6) is 0 Å². The standard InChI is InChI=1S/C22H23N5O2/c1-26(22(29)18-10-11-18)20-5-3-2-4-19(20)21(28)24-12-16-6-8-17(9-7-16)13-27-15-23-14-25-27/h2-9,14-15,18H,10-13H2,1H3,(H,24,28). The highest BCUT2D eigenvalue weighted by molar-refractivity contribution is 6.05. The smallest absolute Gasteiger partial charge is 0.253 e. The number of anilines is 1. The van der Waals surface area contributed by atoms with E-state index in [-0.39, 0.29) is 17.7 Å². The summed E-state index contributed by atoms with van der Waals surface area (Å²) < 4.78 is 1.76. The first-order chi connectivity index (χ1) is 14.1. The largest absolute Gasteiger partial charge is 0.348 e. The summed E-state index contributed by atoms with van der Waals surface area (Å²) in [5, 5.41) is 7.05. The Morgan fingerprint density at radius 1 is 1.10 bits per heavy atom. The molecule has 7 nitrogen and oxygen atoms in total. The van der Waals surface area contributed by atoms with Gasteiger partial charge in [0, 0.05) is 19.5 Å². The van der Waals surface area contributed by atoms with Gasteiger partial charge in [0.15, 0.2) is 0 Å². The van der Waals surface area contributed by atoms with Gasteiger partial charge in [-0.3, -0.25) is 9.59 Å². The number of para-hydroxylation sites is 1. The van der Waals surface area contributed by atoms with Crippen LogP contribution < -0.4 is 10.2 Å². The highest BCUT2D eigenvalue weighted by Crippen LogP contribution is 2.33. The molecule has 1 N–H and O–H groups in total. The van der Waals surface area contributed by atoms with Crippen LogP contribution in [0.4, 0.5) is 5.69 Å². The molecule has 0 unspecified atom stereocenters. The first kappa shape index (κ1) is 18.9. The molecule has 1 aromatic heterocycles. The van der Waals surface area contributed by atoms with Gasteiger partial charge >= 0.3 is 0 Å². The topological polar surface area (TPSA) is 80.1 Å². The molecule has 0 saturated heterocycles. The quantitative estimate of drug-likeness (QED) is 0.674. The third-order valence-corrected chi connectivity index (χ3v) is 5.05. The lowest BCUT2D eigenvalue weighted by molar-refractivity contribution is -0.119. The van der Waals surface area contributed by atoms with E-state index >= 15 is 0 Å². The number of hydrogen-bond donors (Lipinski definition) is 1. The molecule has 148 valence electrons. The number of carbonyl (C=O) groups excluding carboxylic acids is 2. The zero-order chi connectivity index (χ0) is 20.2. The Balaban J connectivity index is 1.39. The van der Waals surface area contributed by atoms with Crippen LogP contribution in [0.25, 0.3) is 0 Å². The van der Waals surface area contributed by atoms with Crippen molar-refractivity contribution < 1.29 is 9.59 Å². The molecule has 2 amide bonds. The van der Waals surface area contributed by atoms with Crippen molar-refractivity contribution in [3.8, 4) is 0 Å². The molecule has 0 atom stereocenters. The van der Waals surface area contributed by atoms with Crippen LogP contribution in [0.2, 0.25) is 0 Å². The highest BCUT2D eigenvalue weighted by Gasteiger charge is 2.33. The van der Waals surface area contributed by atoms with Crippen LogP contribution >= 0.6 is 0 Å². The van der Waals surface area contributed by atoms with Gasteiger partial charge in [0.05, 0.1) is 17.8 Å². The summed E-state index contributed by atoms with van der Waals surface area (Å²) in [6.45, 7) is 1.07. The van der Waals surface area contributed by atoms with Gasteiger partial charge in [-0.2, -0.15) is 5.10 Å². The van der Waals surface area contributed by atoms with E-state index in [9.17, 15) is 9.59 Å². The molecule has 1 saturated carbocycles. The molecule has 1 aliphatic rings. The van der Waals surface area contributed by atoms with Crippen LogP contribution in [0.1, 0.15) is 34.3 Å². The molecule has 4 rings (SSSR count). The number of rotatable bonds is 7. The van der Waals surface area contributed by atoms with Crippen molar-refractivity contribution >= 4 is 17.5 Å². The van der Waals surface area contributed by atoms with Gasteiger partial charge < -0.3 is 10.2 Å². The Morgan fingerprint density at radius 3 is 2.52 bits per heavy atom. The van der Waals surface area contributed by atoms with E-state index in [4.69, 9.17) is 0 Å². The molecule has 1 fully saturated rings. The number of aromatic nitrogens is 3. The molecule has 1 heterocycles. The van der Waals surface area contributed by atoms with Crippen molar-refractivity contribution in [1.82, 2.24) is 20.1 Å². The monoisotopic (exact) mass is 389 g/mol. The fraction of sp³-hybridized carbons (Fsp3) is 0.273. The molecule has 7 heteroatoms. The number of hydrogen-bond acceptors (Lipinski definition) is 4. The number of carbonyl (C=O) groups is 2. The van der Waals surface area contributed by atoms with Gasteiger partial charge in [-0.15, -0.1) is 0 Å². The van der Waals surface area contributed by atoms with E-state index in [1.165, 1.54) is 6.33 Å². The molecular formula is C22H23N5O2. The van der Waals surface area contributed by atoms with Crippen molar-refractivity contribution in [3.05, 3.63) is 77.9 Å². The Morgan fingerprint density at radius 2 is 1.83 bits per heavy atom. The van der Waals surface area contributed by atoms with Crippen molar-refractivity contribution in [2.24, 2.45) is 5.92 Å². The first-order valence-corrected chi connectivity index (χ1v) is 9.67. The van der Waals surface area contributed by atoms with Gasteiger partial charge in [-0.05, 0) is 36.1 Å². The van der Waals surface area contributed by atoms with Crippen LogP contribution in [0.3, 0.4) is 0 Å². The Kier molecular flexibility index (Phi) is 5.37. The predicted octanol–water partition coefficient (Wildman–Crippen LogP) is 2.63. The lowest BCUT2D eigenvalue weighted by Crippen LogP contribution is -2.31. The van der Waals surface area contributed by atoms with E-state index < -0.39 is 0 Å². The molecule has 3 aromatic rings. The summed E-state index contributed by atoms with van der Waals surface area (Å²) in [7, 11) is 1.74. The van der Waals surface area contributed by atoms with Crippen molar-refractivity contribution in [2.45, 2.75) is 25.9 Å². The summed E-state index contributed by atoms with van der Waals surface area (Å²) in [5.74, 6) is -0.0110. The van der Waals surface area contributed by atoms with E-state index in [1.54, 1.807) is 29.0 Å². The fourth-order valence-corrected chi connectivity index (χ4v) is 3.22. The van der Waals surface area contributed by atoms with Crippen molar-refractivity contribution in [3.63, 3.8) is 0 Å². The van der Waals surface area contributed by atoms with Crippen LogP contribution in [-0.2, 0) is 17.9 Å². The van der Waals surface area contributed by atoms with Crippen molar-refractivity contribution in [1.29, 1.82) is 0 Å². The number of nitrogens with one attached hydrogen (secondary N) is 1. The first-order valence-electron chi connectivity index (χ1n) is 9.67. The van der Waals surface area contributed by atoms with E-state index in [0.717, 1.165) is 24.0 Å². The molecule has 2 aromatic carbocycles. The molecule has 0 spiro atoms. The normalized spacial score (nSPS) is 13.1. The zero-order valence-corrected chi connectivity index (χ0v) is 16.3. The average molecular weight is 389 g/mol. The lowest BCUT2D eigenvalue weighted by atomic mass is 10.1.